The van der Waals surface area contributed by atoms with Gasteiger partial charge in [-0.3, -0.25) is 9.59 Å². The Morgan fingerprint density at radius 3 is 3.08 bits per heavy atom. The fourth-order valence-electron chi connectivity index (χ4n) is 5.67. The van der Waals surface area contributed by atoms with Crippen LogP contribution in [-0.4, -0.2) is 70.3 Å². The summed E-state index contributed by atoms with van der Waals surface area (Å²) in [6, 6.07) is 9.34. The Morgan fingerprint density at radius 2 is 2.17 bits per heavy atom. The predicted molar refractivity (Wildman–Crippen MR) is 130 cm³/mol. The van der Waals surface area contributed by atoms with Crippen molar-refractivity contribution in [3.8, 4) is 5.75 Å². The Balaban J connectivity index is 1.08. The summed E-state index contributed by atoms with van der Waals surface area (Å²) in [6.45, 7) is 3.09. The summed E-state index contributed by atoms with van der Waals surface area (Å²) in [7, 11) is 0. The molecule has 1 aromatic carbocycles. The van der Waals surface area contributed by atoms with Gasteiger partial charge in [-0.2, -0.15) is 5.10 Å². The number of piperidine rings is 1. The van der Waals surface area contributed by atoms with Gasteiger partial charge in [0.05, 0.1) is 31.3 Å². The summed E-state index contributed by atoms with van der Waals surface area (Å²) in [5, 5.41) is 9.26. The maximum absolute atomic E-state index is 13.2. The van der Waals surface area contributed by atoms with Crippen LogP contribution >= 0.6 is 0 Å². The molecule has 36 heavy (non-hydrogen) atoms. The molecule has 0 bridgehead atoms. The minimum absolute atomic E-state index is 0.121. The van der Waals surface area contributed by atoms with Crippen LogP contribution in [0.5, 0.6) is 5.75 Å². The number of fused-ring (bicyclic) bond motifs is 3. The number of H-pyrrole nitrogens is 1. The minimum Gasteiger partial charge on any atom is -0.493 e. The molecule has 2 fully saturated rings. The van der Waals surface area contributed by atoms with E-state index in [-0.39, 0.29) is 29.5 Å². The van der Waals surface area contributed by atoms with Crippen LogP contribution in [0.2, 0.25) is 0 Å². The Hall–Kier alpha value is -3.66. The van der Waals surface area contributed by atoms with E-state index in [2.05, 4.69) is 21.6 Å². The lowest BCUT2D eigenvalue weighted by Gasteiger charge is -2.36. The molecule has 0 unspecified atom stereocenters. The first-order chi connectivity index (χ1) is 17.6. The molecule has 2 aromatic heterocycles. The van der Waals surface area contributed by atoms with Crippen molar-refractivity contribution >= 4 is 17.5 Å². The van der Waals surface area contributed by atoms with Crippen molar-refractivity contribution < 1.29 is 19.1 Å². The van der Waals surface area contributed by atoms with Gasteiger partial charge in [-0.25, -0.2) is 14.3 Å². The van der Waals surface area contributed by atoms with Crippen LogP contribution in [0.1, 0.15) is 34.3 Å². The lowest BCUT2D eigenvalue weighted by Crippen LogP contribution is -2.47. The molecule has 6 rings (SSSR count). The first kappa shape index (κ1) is 22.8. The van der Waals surface area contributed by atoms with Crippen LogP contribution in [0.15, 0.2) is 41.3 Å². The number of carbonyl (C=O) groups excluding carboxylic acids is 2. The van der Waals surface area contributed by atoms with Gasteiger partial charge in [0.25, 0.3) is 5.91 Å². The molecule has 188 valence electrons. The van der Waals surface area contributed by atoms with Crippen molar-refractivity contribution in [1.29, 1.82) is 0 Å². The number of aryl methyl sites for hydroxylation is 1. The third-order valence-corrected chi connectivity index (χ3v) is 7.64. The third-order valence-electron chi connectivity index (χ3n) is 7.64. The molecule has 3 atom stereocenters. The largest absolute Gasteiger partial charge is 0.493 e. The van der Waals surface area contributed by atoms with Crippen molar-refractivity contribution in [3.05, 3.63) is 63.7 Å². The summed E-state index contributed by atoms with van der Waals surface area (Å²) < 4.78 is 13.0. The van der Waals surface area contributed by atoms with Gasteiger partial charge in [-0.1, -0.05) is 12.1 Å². The quantitative estimate of drug-likeness (QED) is 0.554. The molecule has 2 amide bonds. The SMILES string of the molecule is O=C(NC[C@H]1OC[C@@H]2CCN(C(=O)Cc3ccc4c(c3)CCCO4)C[C@H]21)c1cccn2c(=O)[nH]nc12. The number of aromatic amines is 1. The number of amides is 2. The van der Waals surface area contributed by atoms with Gasteiger partial charge in [0.2, 0.25) is 5.91 Å². The molecule has 3 aliphatic rings. The van der Waals surface area contributed by atoms with E-state index in [4.69, 9.17) is 9.47 Å². The number of hydrogen-bond donors (Lipinski definition) is 2. The lowest BCUT2D eigenvalue weighted by atomic mass is 9.84. The first-order valence-electron chi connectivity index (χ1n) is 12.5. The van der Waals surface area contributed by atoms with Crippen LogP contribution in [0.4, 0.5) is 0 Å². The van der Waals surface area contributed by atoms with E-state index in [1.165, 1.54) is 9.96 Å². The summed E-state index contributed by atoms with van der Waals surface area (Å²) in [6.07, 6.45) is 4.66. The van der Waals surface area contributed by atoms with Crippen molar-refractivity contribution in [2.24, 2.45) is 11.8 Å². The van der Waals surface area contributed by atoms with Crippen LogP contribution in [0, 0.1) is 11.8 Å². The smallest absolute Gasteiger partial charge is 0.347 e. The molecule has 5 heterocycles. The van der Waals surface area contributed by atoms with E-state index in [1.54, 1.807) is 18.3 Å². The van der Waals surface area contributed by atoms with Gasteiger partial charge in [0.15, 0.2) is 5.65 Å². The molecule has 0 radical (unpaired) electrons. The number of nitrogens with one attached hydrogen (secondary N) is 2. The number of aromatic nitrogens is 3. The minimum atomic E-state index is -0.391. The number of hydrogen-bond acceptors (Lipinski definition) is 6. The Labute approximate surface area is 207 Å². The molecule has 3 aliphatic heterocycles. The molecule has 2 N–H and O–H groups in total. The maximum Gasteiger partial charge on any atom is 0.347 e. The van der Waals surface area contributed by atoms with E-state index in [0.29, 0.717) is 37.6 Å². The fraction of sp³-hybridized carbons (Fsp3) is 0.462. The van der Waals surface area contributed by atoms with Gasteiger partial charge in [-0.05, 0) is 54.5 Å². The highest BCUT2D eigenvalue weighted by Crippen LogP contribution is 2.34. The third kappa shape index (κ3) is 4.26. The van der Waals surface area contributed by atoms with Crippen LogP contribution in [-0.2, 0) is 22.4 Å². The summed E-state index contributed by atoms with van der Waals surface area (Å²) in [4.78, 5) is 39.7. The number of likely N-dealkylation sites (tertiary alicyclic amines) is 1. The average Bonchev–Trinajstić information content (AvgIpc) is 3.50. The number of pyridine rings is 1. The van der Waals surface area contributed by atoms with Gasteiger partial charge in [0, 0.05) is 31.7 Å². The Kier molecular flexibility index (Phi) is 5.96. The highest BCUT2D eigenvalue weighted by Gasteiger charge is 2.42. The number of benzene rings is 1. The average molecular weight is 492 g/mol. The monoisotopic (exact) mass is 491 g/mol. The van der Waals surface area contributed by atoms with E-state index in [0.717, 1.165) is 43.7 Å². The van der Waals surface area contributed by atoms with E-state index in [1.807, 2.05) is 17.0 Å². The van der Waals surface area contributed by atoms with E-state index in [9.17, 15) is 14.4 Å². The van der Waals surface area contributed by atoms with Gasteiger partial charge < -0.3 is 19.7 Å². The van der Waals surface area contributed by atoms with Crippen molar-refractivity contribution in [2.75, 3.05) is 32.8 Å². The summed E-state index contributed by atoms with van der Waals surface area (Å²) in [5.41, 5.74) is 2.41. The zero-order chi connectivity index (χ0) is 24.6. The second kappa shape index (κ2) is 9.42. The Morgan fingerprint density at radius 1 is 1.25 bits per heavy atom. The first-order valence-corrected chi connectivity index (χ1v) is 12.5. The normalized spacial score (nSPS) is 23.1. The van der Waals surface area contributed by atoms with Gasteiger partial charge in [-0.15, -0.1) is 0 Å². The molecule has 0 spiro atoms. The number of rotatable bonds is 5. The highest BCUT2D eigenvalue weighted by atomic mass is 16.5. The van der Waals surface area contributed by atoms with Crippen LogP contribution in [0.25, 0.3) is 5.65 Å². The lowest BCUT2D eigenvalue weighted by molar-refractivity contribution is -0.133. The van der Waals surface area contributed by atoms with Gasteiger partial charge in [0.1, 0.15) is 5.75 Å². The van der Waals surface area contributed by atoms with Crippen LogP contribution in [0.3, 0.4) is 0 Å². The fourth-order valence-corrected chi connectivity index (χ4v) is 5.67. The number of carbonyl (C=O) groups is 2. The summed E-state index contributed by atoms with van der Waals surface area (Å²) >= 11 is 0. The molecule has 2 saturated heterocycles. The van der Waals surface area contributed by atoms with Crippen LogP contribution < -0.4 is 15.7 Å². The number of ether oxygens (including phenoxy) is 2. The van der Waals surface area contributed by atoms with Crippen molar-refractivity contribution in [2.45, 2.75) is 31.8 Å². The summed E-state index contributed by atoms with van der Waals surface area (Å²) in [5.74, 6) is 1.29. The van der Waals surface area contributed by atoms with E-state index >= 15 is 0 Å². The number of nitrogens with zero attached hydrogens (tertiary/aromatic N) is 3. The molecular weight excluding hydrogens is 462 g/mol. The highest BCUT2D eigenvalue weighted by molar-refractivity contribution is 5.99. The van der Waals surface area contributed by atoms with Gasteiger partial charge >= 0.3 is 5.69 Å². The van der Waals surface area contributed by atoms with Crippen molar-refractivity contribution in [3.63, 3.8) is 0 Å². The molecule has 10 nitrogen and oxygen atoms in total. The zero-order valence-electron chi connectivity index (χ0n) is 19.9. The maximum atomic E-state index is 13.2. The Bertz CT molecular complexity index is 1360. The molecule has 3 aromatic rings. The zero-order valence-corrected chi connectivity index (χ0v) is 19.9. The standard InChI is InChI=1S/C26H29N5O5/c32-23(12-16-5-6-21-17(11-16)3-2-10-35-21)30-9-7-18-15-36-22(20(18)14-30)13-27-25(33)19-4-1-8-31-24(19)28-29-26(31)34/h1,4-6,8,11,18,20,22H,2-3,7,9-10,12-15H2,(H,27,33)(H,29,34)/t18-,20+,22+/m0/s1. The second-order valence-corrected chi connectivity index (χ2v) is 9.85. The second-order valence-electron chi connectivity index (χ2n) is 9.85. The van der Waals surface area contributed by atoms with E-state index < -0.39 is 5.69 Å². The molecule has 0 saturated carbocycles. The molecule has 10 heteroatoms. The van der Waals surface area contributed by atoms with Crippen molar-refractivity contribution in [1.82, 2.24) is 24.8 Å². The predicted octanol–water partition coefficient (Wildman–Crippen LogP) is 1.18. The molecule has 0 aliphatic carbocycles. The molecular formula is C26H29N5O5. The topological polar surface area (TPSA) is 118 Å².